The summed E-state index contributed by atoms with van der Waals surface area (Å²) in [6, 6.07) is 3.81. The van der Waals surface area contributed by atoms with E-state index in [1.54, 1.807) is 11.0 Å². The average Bonchev–Trinajstić information content (AvgIpc) is 2.82. The van der Waals surface area contributed by atoms with Crippen molar-refractivity contribution < 1.29 is 22.7 Å². The van der Waals surface area contributed by atoms with Gasteiger partial charge < -0.3 is 15.0 Å². The van der Waals surface area contributed by atoms with Crippen LogP contribution >= 0.6 is 0 Å². The van der Waals surface area contributed by atoms with Crippen molar-refractivity contribution in [1.29, 1.82) is 0 Å². The van der Waals surface area contributed by atoms with E-state index in [0.717, 1.165) is 5.56 Å². The third-order valence-electron chi connectivity index (χ3n) is 3.54. The number of nitrogens with zero attached hydrogens (tertiary/aromatic N) is 1. The van der Waals surface area contributed by atoms with E-state index < -0.39 is 6.36 Å². The lowest BCUT2D eigenvalue weighted by Crippen LogP contribution is -2.42. The number of ether oxygens (including phenoxy) is 1. The first kappa shape index (κ1) is 13.8. The second-order valence-electron chi connectivity index (χ2n) is 4.92. The fourth-order valence-corrected chi connectivity index (χ4v) is 2.68. The smallest absolute Gasteiger partial charge is 0.406 e. The topological polar surface area (TPSA) is 41.6 Å². The molecule has 0 aliphatic carbocycles. The van der Waals surface area contributed by atoms with E-state index in [0.29, 0.717) is 25.2 Å². The van der Waals surface area contributed by atoms with E-state index in [1.807, 2.05) is 12.2 Å². The van der Waals surface area contributed by atoms with Gasteiger partial charge in [0.05, 0.1) is 0 Å². The number of anilines is 1. The molecule has 1 amide bonds. The first-order chi connectivity index (χ1) is 9.94. The van der Waals surface area contributed by atoms with Crippen LogP contribution in [0.15, 0.2) is 24.3 Å². The maximum Gasteiger partial charge on any atom is 0.573 e. The normalized spacial score (nSPS) is 21.2. The van der Waals surface area contributed by atoms with Crippen LogP contribution in [0.4, 0.5) is 18.9 Å². The Bertz CT molecular complexity index is 598. The lowest BCUT2D eigenvalue weighted by Gasteiger charge is -2.32. The molecular formula is C14H13F3N2O2. The second kappa shape index (κ2) is 4.98. The molecule has 0 spiro atoms. The summed E-state index contributed by atoms with van der Waals surface area (Å²) in [5.41, 5.74) is 1.36. The second-order valence-corrected chi connectivity index (χ2v) is 4.92. The molecule has 2 aliphatic rings. The molecule has 1 aromatic carbocycles. The van der Waals surface area contributed by atoms with Gasteiger partial charge in [-0.05, 0) is 24.1 Å². The average molecular weight is 298 g/mol. The zero-order valence-corrected chi connectivity index (χ0v) is 11.0. The number of nitrogens with one attached hydrogen (secondary N) is 1. The van der Waals surface area contributed by atoms with Gasteiger partial charge in [0.25, 0.3) is 0 Å². The van der Waals surface area contributed by atoms with Gasteiger partial charge in [0.15, 0.2) is 0 Å². The fourth-order valence-electron chi connectivity index (χ4n) is 2.68. The van der Waals surface area contributed by atoms with Gasteiger partial charge in [0, 0.05) is 24.8 Å². The van der Waals surface area contributed by atoms with Crippen LogP contribution in [0.1, 0.15) is 12.0 Å². The van der Waals surface area contributed by atoms with Gasteiger partial charge in [0.1, 0.15) is 11.8 Å². The summed E-state index contributed by atoms with van der Waals surface area (Å²) >= 11 is 0. The van der Waals surface area contributed by atoms with Crippen LogP contribution in [0.25, 0.3) is 6.08 Å². The molecule has 112 valence electrons. The van der Waals surface area contributed by atoms with Crippen molar-refractivity contribution in [1.82, 2.24) is 5.32 Å². The van der Waals surface area contributed by atoms with Crippen molar-refractivity contribution in [3.63, 3.8) is 0 Å². The van der Waals surface area contributed by atoms with Crippen LogP contribution in [-0.4, -0.2) is 31.4 Å². The summed E-state index contributed by atoms with van der Waals surface area (Å²) in [5.74, 6) is -0.377. The number of hydrogen-bond donors (Lipinski definition) is 1. The minimum absolute atomic E-state index is 0.0987. The Kier molecular flexibility index (Phi) is 3.27. The zero-order chi connectivity index (χ0) is 15.0. The van der Waals surface area contributed by atoms with Gasteiger partial charge in [-0.15, -0.1) is 13.2 Å². The molecule has 1 N–H and O–H groups in total. The Balaban J connectivity index is 1.93. The first-order valence-electron chi connectivity index (χ1n) is 6.55. The third-order valence-corrected chi connectivity index (χ3v) is 3.54. The summed E-state index contributed by atoms with van der Waals surface area (Å²) in [7, 11) is 0. The molecule has 1 aromatic rings. The molecule has 2 aliphatic heterocycles. The van der Waals surface area contributed by atoms with E-state index in [2.05, 4.69) is 10.1 Å². The molecule has 1 saturated heterocycles. The van der Waals surface area contributed by atoms with E-state index in [4.69, 9.17) is 0 Å². The van der Waals surface area contributed by atoms with E-state index in [1.165, 1.54) is 12.1 Å². The molecule has 3 rings (SSSR count). The van der Waals surface area contributed by atoms with Gasteiger partial charge in [-0.1, -0.05) is 12.2 Å². The number of amides is 1. The highest BCUT2D eigenvalue weighted by Crippen LogP contribution is 2.34. The molecule has 2 heterocycles. The molecule has 21 heavy (non-hydrogen) atoms. The van der Waals surface area contributed by atoms with Gasteiger partial charge >= 0.3 is 6.36 Å². The first-order valence-corrected chi connectivity index (χ1v) is 6.55. The minimum Gasteiger partial charge on any atom is -0.406 e. The molecule has 4 nitrogen and oxygen atoms in total. The van der Waals surface area contributed by atoms with Crippen LogP contribution in [-0.2, 0) is 4.79 Å². The Morgan fingerprint density at radius 1 is 1.33 bits per heavy atom. The summed E-state index contributed by atoms with van der Waals surface area (Å²) in [5, 5.41) is 2.73. The number of hydrogen-bond acceptors (Lipinski definition) is 3. The number of rotatable bonds is 2. The molecule has 0 radical (unpaired) electrons. The van der Waals surface area contributed by atoms with E-state index in [9.17, 15) is 18.0 Å². The van der Waals surface area contributed by atoms with E-state index in [-0.39, 0.29) is 17.7 Å². The highest BCUT2D eigenvalue weighted by atomic mass is 19.4. The lowest BCUT2D eigenvalue weighted by atomic mass is 10.0. The van der Waals surface area contributed by atoms with E-state index >= 15 is 0 Å². The van der Waals surface area contributed by atoms with Crippen LogP contribution in [0.2, 0.25) is 0 Å². The van der Waals surface area contributed by atoms with Gasteiger partial charge in [-0.25, -0.2) is 0 Å². The summed E-state index contributed by atoms with van der Waals surface area (Å²) in [4.78, 5) is 13.6. The van der Waals surface area contributed by atoms with Crippen molar-refractivity contribution in [3.8, 4) is 5.75 Å². The highest BCUT2D eigenvalue weighted by Gasteiger charge is 2.34. The Hall–Kier alpha value is -2.18. The largest absolute Gasteiger partial charge is 0.573 e. The van der Waals surface area contributed by atoms with Gasteiger partial charge in [-0.3, -0.25) is 4.79 Å². The Morgan fingerprint density at radius 3 is 2.81 bits per heavy atom. The Morgan fingerprint density at radius 2 is 2.14 bits per heavy atom. The maximum absolute atomic E-state index is 12.3. The Labute approximate surface area is 119 Å². The van der Waals surface area contributed by atoms with Crippen molar-refractivity contribution in [3.05, 3.63) is 29.8 Å². The van der Waals surface area contributed by atoms with Gasteiger partial charge in [-0.2, -0.15) is 0 Å². The molecular weight excluding hydrogens is 285 g/mol. The monoisotopic (exact) mass is 298 g/mol. The number of carbonyl (C=O) groups is 1. The van der Waals surface area contributed by atoms with Gasteiger partial charge in [0.2, 0.25) is 5.91 Å². The molecule has 0 aromatic heterocycles. The molecule has 7 heteroatoms. The number of alkyl halides is 3. The number of halogens is 3. The maximum atomic E-state index is 12.3. The van der Waals surface area contributed by atoms with Crippen molar-refractivity contribution in [2.45, 2.75) is 18.8 Å². The zero-order valence-electron chi connectivity index (χ0n) is 11.0. The predicted octanol–water partition coefficient (Wildman–Crippen LogP) is 2.31. The third kappa shape index (κ3) is 2.81. The number of carbonyl (C=O) groups excluding carboxylic acids is 1. The SMILES string of the molecule is O=C1NCC[C@@H]1N1CC=Cc2ccc(OC(F)(F)F)cc21. The van der Waals surface area contributed by atoms with Crippen molar-refractivity contribution in [2.75, 3.05) is 18.0 Å². The fraction of sp³-hybridized carbons (Fsp3) is 0.357. The lowest BCUT2D eigenvalue weighted by molar-refractivity contribution is -0.274. The molecule has 0 unspecified atom stereocenters. The highest BCUT2D eigenvalue weighted by molar-refractivity contribution is 5.89. The van der Waals surface area contributed by atoms with Crippen LogP contribution < -0.4 is 15.0 Å². The molecule has 0 bridgehead atoms. The summed E-state index contributed by atoms with van der Waals surface area (Å²) in [6.45, 7) is 1.07. The minimum atomic E-state index is -4.73. The standard InChI is InChI=1S/C14H13F3N2O2/c15-14(16,17)21-10-4-3-9-2-1-7-19(12(9)8-10)11-5-6-18-13(11)20/h1-4,8,11H,5-7H2,(H,18,20)/t11-/m0/s1. The predicted molar refractivity (Wildman–Crippen MR) is 70.9 cm³/mol. The number of fused-ring (bicyclic) bond motifs is 1. The number of benzene rings is 1. The van der Waals surface area contributed by atoms with Crippen molar-refractivity contribution >= 4 is 17.7 Å². The molecule has 0 saturated carbocycles. The van der Waals surface area contributed by atoms with Crippen LogP contribution in [0, 0.1) is 0 Å². The van der Waals surface area contributed by atoms with Crippen LogP contribution in [0.3, 0.4) is 0 Å². The molecule has 1 fully saturated rings. The summed E-state index contributed by atoms with van der Waals surface area (Å²) in [6.07, 6.45) is -0.376. The summed E-state index contributed by atoms with van der Waals surface area (Å²) < 4.78 is 40.9. The quantitative estimate of drug-likeness (QED) is 0.911. The van der Waals surface area contributed by atoms with Crippen LogP contribution in [0.5, 0.6) is 5.75 Å². The van der Waals surface area contributed by atoms with Crippen molar-refractivity contribution in [2.24, 2.45) is 0 Å². The molecule has 1 atom stereocenters.